The molecule has 0 aliphatic rings. The molecule has 2 aromatic rings. The number of rotatable bonds is 4. The first-order chi connectivity index (χ1) is 9.46. The van der Waals surface area contributed by atoms with Crippen LogP contribution in [0.1, 0.15) is 36.1 Å². The second-order valence-electron chi connectivity index (χ2n) is 5.30. The van der Waals surface area contributed by atoms with E-state index >= 15 is 0 Å². The van der Waals surface area contributed by atoms with E-state index in [1.165, 1.54) is 11.1 Å². The Kier molecular flexibility index (Phi) is 4.15. The van der Waals surface area contributed by atoms with Crippen LogP contribution < -0.4 is 4.74 Å². The van der Waals surface area contributed by atoms with Gasteiger partial charge in [0.25, 0.3) is 0 Å². The molecule has 1 atom stereocenters. The van der Waals surface area contributed by atoms with E-state index in [9.17, 15) is 5.11 Å². The number of hydrogen-bond acceptors (Lipinski definition) is 2. The smallest absolute Gasteiger partial charge is 0.125 e. The first kappa shape index (κ1) is 14.6. The van der Waals surface area contributed by atoms with E-state index in [2.05, 4.69) is 13.8 Å². The van der Waals surface area contributed by atoms with E-state index in [0.29, 0.717) is 6.61 Å². The maximum Gasteiger partial charge on any atom is 0.125 e. The van der Waals surface area contributed by atoms with Crippen molar-refractivity contribution in [3.63, 3.8) is 0 Å². The van der Waals surface area contributed by atoms with Crippen LogP contribution in [0.2, 0.25) is 0 Å². The molecule has 0 spiro atoms. The summed E-state index contributed by atoms with van der Waals surface area (Å²) < 4.78 is 5.64. The van der Waals surface area contributed by atoms with Gasteiger partial charge in [-0.05, 0) is 50.5 Å². The van der Waals surface area contributed by atoms with Gasteiger partial charge in [-0.3, -0.25) is 0 Å². The molecule has 20 heavy (non-hydrogen) atoms. The van der Waals surface area contributed by atoms with Crippen molar-refractivity contribution < 1.29 is 9.84 Å². The Labute approximate surface area is 121 Å². The number of hydrogen-bond donors (Lipinski definition) is 1. The standard InChI is InChI=1S/C18H22O2/c1-5-20-17-9-7-6-8-16(17)18(4,19)15-11-10-13(2)14(3)12-15/h6-12,19H,5H2,1-4H3. The summed E-state index contributed by atoms with van der Waals surface area (Å²) >= 11 is 0. The lowest BCUT2D eigenvalue weighted by Gasteiger charge is -2.27. The molecular weight excluding hydrogens is 248 g/mol. The van der Waals surface area contributed by atoms with E-state index in [4.69, 9.17) is 4.74 Å². The van der Waals surface area contributed by atoms with Gasteiger partial charge in [0.2, 0.25) is 0 Å². The molecule has 0 bridgehead atoms. The Morgan fingerprint density at radius 1 is 1.05 bits per heavy atom. The second kappa shape index (κ2) is 5.68. The Morgan fingerprint density at radius 2 is 1.75 bits per heavy atom. The van der Waals surface area contributed by atoms with Gasteiger partial charge in [-0.25, -0.2) is 0 Å². The third kappa shape index (κ3) is 2.70. The molecule has 106 valence electrons. The summed E-state index contributed by atoms with van der Waals surface area (Å²) in [6, 6.07) is 13.7. The quantitative estimate of drug-likeness (QED) is 0.911. The van der Waals surface area contributed by atoms with Crippen molar-refractivity contribution in [2.45, 2.75) is 33.3 Å². The van der Waals surface area contributed by atoms with E-state index in [1.54, 1.807) is 0 Å². The summed E-state index contributed by atoms with van der Waals surface area (Å²) in [6.45, 7) is 8.47. The molecule has 0 radical (unpaired) electrons. The van der Waals surface area contributed by atoms with Gasteiger partial charge in [-0.2, -0.15) is 0 Å². The fourth-order valence-electron chi connectivity index (χ4n) is 2.35. The molecule has 1 N–H and O–H groups in total. The predicted octanol–water partition coefficient (Wildman–Crippen LogP) is 3.96. The van der Waals surface area contributed by atoms with Crippen LogP contribution in [0, 0.1) is 13.8 Å². The number of aryl methyl sites for hydroxylation is 2. The molecule has 1 unspecified atom stereocenters. The predicted molar refractivity (Wildman–Crippen MR) is 82.2 cm³/mol. The fourth-order valence-corrected chi connectivity index (χ4v) is 2.35. The molecule has 0 saturated carbocycles. The van der Waals surface area contributed by atoms with E-state index in [0.717, 1.165) is 16.9 Å². The molecule has 2 heteroatoms. The highest BCUT2D eigenvalue weighted by molar-refractivity contribution is 5.45. The molecule has 2 aromatic carbocycles. The first-order valence-electron chi connectivity index (χ1n) is 6.99. The third-order valence-electron chi connectivity index (χ3n) is 3.78. The van der Waals surface area contributed by atoms with Crippen LogP contribution in [-0.2, 0) is 5.60 Å². The van der Waals surface area contributed by atoms with Gasteiger partial charge in [0, 0.05) is 5.56 Å². The van der Waals surface area contributed by atoms with Crippen molar-refractivity contribution in [3.8, 4) is 5.75 Å². The number of aliphatic hydroxyl groups is 1. The zero-order valence-corrected chi connectivity index (χ0v) is 12.6. The first-order valence-corrected chi connectivity index (χ1v) is 6.99. The topological polar surface area (TPSA) is 29.5 Å². The summed E-state index contributed by atoms with van der Waals surface area (Å²) in [5.74, 6) is 0.734. The molecular formula is C18H22O2. The van der Waals surface area contributed by atoms with Gasteiger partial charge in [0.1, 0.15) is 11.4 Å². The van der Waals surface area contributed by atoms with Crippen LogP contribution in [0.4, 0.5) is 0 Å². The van der Waals surface area contributed by atoms with Gasteiger partial charge in [0.15, 0.2) is 0 Å². The molecule has 0 heterocycles. The minimum Gasteiger partial charge on any atom is -0.493 e. The zero-order chi connectivity index (χ0) is 14.8. The van der Waals surface area contributed by atoms with Gasteiger partial charge in [-0.1, -0.05) is 36.4 Å². The van der Waals surface area contributed by atoms with Gasteiger partial charge >= 0.3 is 0 Å². The summed E-state index contributed by atoms with van der Waals surface area (Å²) in [5, 5.41) is 11.0. The van der Waals surface area contributed by atoms with Crippen LogP contribution in [0.15, 0.2) is 42.5 Å². The summed E-state index contributed by atoms with van der Waals surface area (Å²) in [5.41, 5.74) is 3.02. The maximum absolute atomic E-state index is 11.0. The van der Waals surface area contributed by atoms with E-state index in [-0.39, 0.29) is 0 Å². The Bertz CT molecular complexity index is 600. The average molecular weight is 270 g/mol. The highest BCUT2D eigenvalue weighted by Gasteiger charge is 2.29. The molecule has 0 amide bonds. The average Bonchev–Trinajstić information content (AvgIpc) is 2.42. The minimum atomic E-state index is -1.07. The van der Waals surface area contributed by atoms with E-state index in [1.807, 2.05) is 56.3 Å². The highest BCUT2D eigenvalue weighted by Crippen LogP contribution is 2.35. The second-order valence-corrected chi connectivity index (χ2v) is 5.30. The van der Waals surface area contributed by atoms with Gasteiger partial charge < -0.3 is 9.84 Å². The largest absolute Gasteiger partial charge is 0.493 e. The van der Waals surface area contributed by atoms with E-state index < -0.39 is 5.60 Å². The van der Waals surface area contributed by atoms with Crippen LogP contribution in [0.25, 0.3) is 0 Å². The Hall–Kier alpha value is -1.80. The fraction of sp³-hybridized carbons (Fsp3) is 0.333. The summed E-state index contributed by atoms with van der Waals surface area (Å²) in [4.78, 5) is 0. The van der Waals surface area contributed by atoms with Gasteiger partial charge in [-0.15, -0.1) is 0 Å². The van der Waals surface area contributed by atoms with Crippen LogP contribution in [0.5, 0.6) is 5.75 Å². The third-order valence-corrected chi connectivity index (χ3v) is 3.78. The molecule has 0 aliphatic carbocycles. The van der Waals surface area contributed by atoms with Crippen molar-refractivity contribution in [1.29, 1.82) is 0 Å². The number of benzene rings is 2. The SMILES string of the molecule is CCOc1ccccc1C(C)(O)c1ccc(C)c(C)c1. The lowest BCUT2D eigenvalue weighted by molar-refractivity contribution is 0.0980. The lowest BCUT2D eigenvalue weighted by Crippen LogP contribution is -2.24. The summed E-state index contributed by atoms with van der Waals surface area (Å²) in [6.07, 6.45) is 0. The molecule has 0 aromatic heterocycles. The number of para-hydroxylation sites is 1. The van der Waals surface area contributed by atoms with Crippen LogP contribution in [-0.4, -0.2) is 11.7 Å². The molecule has 2 rings (SSSR count). The normalized spacial score (nSPS) is 13.8. The van der Waals surface area contributed by atoms with Gasteiger partial charge in [0.05, 0.1) is 6.61 Å². The van der Waals surface area contributed by atoms with Crippen molar-refractivity contribution >= 4 is 0 Å². The molecule has 0 aliphatic heterocycles. The lowest BCUT2D eigenvalue weighted by atomic mass is 9.86. The minimum absolute atomic E-state index is 0.583. The van der Waals surface area contributed by atoms with Crippen LogP contribution >= 0.6 is 0 Å². The highest BCUT2D eigenvalue weighted by atomic mass is 16.5. The molecule has 0 saturated heterocycles. The molecule has 2 nitrogen and oxygen atoms in total. The Balaban J connectivity index is 2.51. The molecule has 0 fully saturated rings. The zero-order valence-electron chi connectivity index (χ0n) is 12.6. The Morgan fingerprint density at radius 3 is 2.40 bits per heavy atom. The maximum atomic E-state index is 11.0. The monoisotopic (exact) mass is 270 g/mol. The van der Waals surface area contributed by atoms with Crippen molar-refractivity contribution in [1.82, 2.24) is 0 Å². The van der Waals surface area contributed by atoms with Crippen molar-refractivity contribution in [2.75, 3.05) is 6.61 Å². The van der Waals surface area contributed by atoms with Crippen molar-refractivity contribution in [3.05, 3.63) is 64.7 Å². The van der Waals surface area contributed by atoms with Crippen molar-refractivity contribution in [2.24, 2.45) is 0 Å². The number of ether oxygens (including phenoxy) is 1. The van der Waals surface area contributed by atoms with Crippen LogP contribution in [0.3, 0.4) is 0 Å². The summed E-state index contributed by atoms with van der Waals surface area (Å²) in [7, 11) is 0.